The van der Waals surface area contributed by atoms with Gasteiger partial charge in [-0.05, 0) is 6.92 Å². The molecule has 0 atom stereocenters. The van der Waals surface area contributed by atoms with Crippen LogP contribution in [-0.2, 0) is 6.42 Å². The van der Waals surface area contributed by atoms with Crippen molar-refractivity contribution in [3.8, 4) is 5.88 Å². The third kappa shape index (κ3) is 2.92. The summed E-state index contributed by atoms with van der Waals surface area (Å²) in [5.74, 6) is 1.28. The molecule has 2 aromatic heterocycles. The Bertz CT molecular complexity index is 527. The average molecular weight is 250 g/mol. The van der Waals surface area contributed by atoms with Gasteiger partial charge in [0.05, 0.1) is 7.11 Å². The molecule has 0 saturated heterocycles. The van der Waals surface area contributed by atoms with Gasteiger partial charge in [0.2, 0.25) is 17.7 Å². The molecule has 0 spiro atoms. The van der Waals surface area contributed by atoms with Crippen LogP contribution in [0, 0.1) is 6.92 Å². The number of rotatable bonds is 5. The van der Waals surface area contributed by atoms with E-state index in [4.69, 9.17) is 14.9 Å². The minimum atomic E-state index is 0.228. The summed E-state index contributed by atoms with van der Waals surface area (Å²) in [6.07, 6.45) is 0.534. The van der Waals surface area contributed by atoms with E-state index in [9.17, 15) is 0 Å². The lowest BCUT2D eigenvalue weighted by molar-refractivity contribution is 0.397. The fourth-order valence-corrected chi connectivity index (χ4v) is 1.32. The molecule has 0 bridgehead atoms. The molecule has 96 valence electrons. The Morgan fingerprint density at radius 2 is 2.22 bits per heavy atom. The van der Waals surface area contributed by atoms with Crippen molar-refractivity contribution in [3.05, 3.63) is 17.7 Å². The minimum absolute atomic E-state index is 0.228. The van der Waals surface area contributed by atoms with Gasteiger partial charge >= 0.3 is 6.01 Å². The minimum Gasteiger partial charge on any atom is -0.481 e. The van der Waals surface area contributed by atoms with Crippen LogP contribution in [0.15, 0.2) is 10.5 Å². The molecule has 2 rings (SSSR count). The number of anilines is 2. The van der Waals surface area contributed by atoms with E-state index in [1.807, 2.05) is 6.92 Å². The van der Waals surface area contributed by atoms with Gasteiger partial charge in [0, 0.05) is 24.7 Å². The number of ether oxygens (including phenoxy) is 1. The van der Waals surface area contributed by atoms with Crippen molar-refractivity contribution < 1.29 is 9.15 Å². The monoisotopic (exact) mass is 250 g/mol. The first-order chi connectivity index (χ1) is 8.71. The zero-order valence-electron chi connectivity index (χ0n) is 10.2. The summed E-state index contributed by atoms with van der Waals surface area (Å²) in [5, 5.41) is 10.4. The number of aromatic nitrogens is 4. The SMILES string of the molecule is COc1cc(C)nc(Nc2nnc(CCN)o2)n1. The summed E-state index contributed by atoms with van der Waals surface area (Å²) in [6, 6.07) is 1.95. The molecule has 0 saturated carbocycles. The first-order valence-corrected chi connectivity index (χ1v) is 5.40. The topological polar surface area (TPSA) is 112 Å². The summed E-state index contributed by atoms with van der Waals surface area (Å²) >= 11 is 0. The molecule has 0 unspecified atom stereocenters. The van der Waals surface area contributed by atoms with Crippen LogP contribution in [0.5, 0.6) is 5.88 Å². The molecule has 0 aromatic carbocycles. The van der Waals surface area contributed by atoms with Gasteiger partial charge in [0.1, 0.15) is 0 Å². The Morgan fingerprint density at radius 3 is 2.94 bits per heavy atom. The molecule has 2 heterocycles. The van der Waals surface area contributed by atoms with Crippen molar-refractivity contribution >= 4 is 12.0 Å². The van der Waals surface area contributed by atoms with E-state index in [0.717, 1.165) is 5.69 Å². The van der Waals surface area contributed by atoms with Crippen LogP contribution in [0.1, 0.15) is 11.6 Å². The van der Waals surface area contributed by atoms with Crippen molar-refractivity contribution in [2.24, 2.45) is 5.73 Å². The van der Waals surface area contributed by atoms with E-state index in [1.165, 1.54) is 7.11 Å². The Balaban J connectivity index is 2.14. The fourth-order valence-electron chi connectivity index (χ4n) is 1.32. The van der Waals surface area contributed by atoms with E-state index >= 15 is 0 Å². The molecule has 0 aliphatic carbocycles. The molecule has 0 amide bonds. The second-order valence-electron chi connectivity index (χ2n) is 3.54. The molecule has 0 fully saturated rings. The lowest BCUT2D eigenvalue weighted by atomic mass is 10.4. The Kier molecular flexibility index (Phi) is 3.68. The summed E-state index contributed by atoms with van der Waals surface area (Å²) < 4.78 is 10.4. The van der Waals surface area contributed by atoms with Gasteiger partial charge in [-0.2, -0.15) is 4.98 Å². The van der Waals surface area contributed by atoms with Crippen molar-refractivity contribution in [3.63, 3.8) is 0 Å². The van der Waals surface area contributed by atoms with Gasteiger partial charge in [-0.25, -0.2) is 4.98 Å². The molecular formula is C10H14N6O2. The molecule has 3 N–H and O–H groups in total. The van der Waals surface area contributed by atoms with Gasteiger partial charge in [-0.1, -0.05) is 5.10 Å². The first kappa shape index (κ1) is 12.2. The number of aryl methyl sites for hydroxylation is 1. The van der Waals surface area contributed by atoms with Crippen LogP contribution in [0.3, 0.4) is 0 Å². The number of hydrogen-bond acceptors (Lipinski definition) is 8. The normalized spacial score (nSPS) is 10.4. The second-order valence-corrected chi connectivity index (χ2v) is 3.54. The third-order valence-electron chi connectivity index (χ3n) is 2.08. The maximum Gasteiger partial charge on any atom is 0.322 e. The van der Waals surface area contributed by atoms with Crippen molar-refractivity contribution in [2.75, 3.05) is 19.0 Å². The smallest absolute Gasteiger partial charge is 0.322 e. The average Bonchev–Trinajstić information content (AvgIpc) is 2.76. The zero-order valence-corrected chi connectivity index (χ0v) is 10.2. The Hall–Kier alpha value is -2.22. The number of hydrogen-bond donors (Lipinski definition) is 2. The maximum absolute atomic E-state index is 5.39. The molecule has 8 nitrogen and oxygen atoms in total. The number of nitrogens with one attached hydrogen (secondary N) is 1. The largest absolute Gasteiger partial charge is 0.481 e. The molecule has 0 radical (unpaired) electrons. The van der Waals surface area contributed by atoms with Crippen LogP contribution < -0.4 is 15.8 Å². The van der Waals surface area contributed by atoms with Gasteiger partial charge in [-0.15, -0.1) is 5.10 Å². The highest BCUT2D eigenvalue weighted by atomic mass is 16.5. The van der Waals surface area contributed by atoms with E-state index in [1.54, 1.807) is 6.07 Å². The number of nitrogens with zero attached hydrogens (tertiary/aromatic N) is 4. The second kappa shape index (κ2) is 5.41. The van der Waals surface area contributed by atoms with E-state index < -0.39 is 0 Å². The van der Waals surface area contributed by atoms with E-state index in [-0.39, 0.29) is 6.01 Å². The van der Waals surface area contributed by atoms with Crippen LogP contribution >= 0.6 is 0 Å². The maximum atomic E-state index is 5.39. The summed E-state index contributed by atoms with van der Waals surface area (Å²) in [6.45, 7) is 2.29. The highest BCUT2D eigenvalue weighted by molar-refractivity contribution is 5.41. The van der Waals surface area contributed by atoms with Gasteiger partial charge in [0.15, 0.2) is 0 Å². The standard InChI is InChI=1S/C10H14N6O2/c1-6-5-8(17-2)13-9(12-6)14-10-16-15-7(18-10)3-4-11/h5H,3-4,11H2,1-2H3,(H,12,13,14,16). The Morgan fingerprint density at radius 1 is 1.39 bits per heavy atom. The molecule has 0 aliphatic rings. The lowest BCUT2D eigenvalue weighted by Crippen LogP contribution is -2.02. The first-order valence-electron chi connectivity index (χ1n) is 5.40. The highest BCUT2D eigenvalue weighted by Crippen LogP contribution is 2.15. The molecule has 8 heteroatoms. The van der Waals surface area contributed by atoms with Crippen molar-refractivity contribution in [1.29, 1.82) is 0 Å². The van der Waals surface area contributed by atoms with Crippen LogP contribution in [0.25, 0.3) is 0 Å². The predicted molar refractivity (Wildman–Crippen MR) is 63.7 cm³/mol. The van der Waals surface area contributed by atoms with Gasteiger partial charge in [-0.3, -0.25) is 5.32 Å². The van der Waals surface area contributed by atoms with Gasteiger partial charge in [0.25, 0.3) is 0 Å². The summed E-state index contributed by atoms with van der Waals surface area (Å²) in [7, 11) is 1.54. The summed E-state index contributed by atoms with van der Waals surface area (Å²) in [4.78, 5) is 8.28. The molecule has 2 aromatic rings. The molecular weight excluding hydrogens is 236 g/mol. The van der Waals surface area contributed by atoms with Crippen LogP contribution in [0.4, 0.5) is 12.0 Å². The predicted octanol–water partition coefficient (Wildman–Crippen LogP) is 0.421. The highest BCUT2D eigenvalue weighted by Gasteiger charge is 2.08. The van der Waals surface area contributed by atoms with Crippen molar-refractivity contribution in [1.82, 2.24) is 20.2 Å². The van der Waals surface area contributed by atoms with E-state index in [0.29, 0.717) is 30.7 Å². The number of methoxy groups -OCH3 is 1. The van der Waals surface area contributed by atoms with Crippen molar-refractivity contribution in [2.45, 2.75) is 13.3 Å². The zero-order chi connectivity index (χ0) is 13.0. The Labute approximate surface area is 104 Å². The molecule has 0 aliphatic heterocycles. The quantitative estimate of drug-likeness (QED) is 0.785. The lowest BCUT2D eigenvalue weighted by Gasteiger charge is -2.03. The fraction of sp³-hybridized carbons (Fsp3) is 0.400. The van der Waals surface area contributed by atoms with Crippen LogP contribution in [0.2, 0.25) is 0 Å². The van der Waals surface area contributed by atoms with E-state index in [2.05, 4.69) is 25.5 Å². The summed E-state index contributed by atoms with van der Waals surface area (Å²) in [5.41, 5.74) is 6.16. The van der Waals surface area contributed by atoms with Gasteiger partial charge < -0.3 is 14.9 Å². The van der Waals surface area contributed by atoms with Crippen LogP contribution in [-0.4, -0.2) is 33.8 Å². The number of nitrogens with two attached hydrogens (primary N) is 1. The molecule has 18 heavy (non-hydrogen) atoms. The third-order valence-corrected chi connectivity index (χ3v) is 2.08.